The van der Waals surface area contributed by atoms with Crippen molar-refractivity contribution in [2.75, 3.05) is 7.05 Å². The molecule has 2 rings (SSSR count). The van der Waals surface area contributed by atoms with Gasteiger partial charge in [-0.15, -0.1) is 0 Å². The van der Waals surface area contributed by atoms with Crippen LogP contribution in [0.1, 0.15) is 18.2 Å². The minimum Gasteiger partial charge on any atom is -0.356 e. The number of H-pyrrole nitrogens is 1. The first-order chi connectivity index (χ1) is 7.27. The predicted octanol–water partition coefficient (Wildman–Crippen LogP) is 3.21. The molecular weight excluding hydrogens is 252 g/mol. The Kier molecular flexibility index (Phi) is 3.12. The molecule has 0 saturated heterocycles. The molecule has 0 fully saturated rings. The summed E-state index contributed by atoms with van der Waals surface area (Å²) in [5, 5.41) is 4.44. The first-order valence-electron chi connectivity index (χ1n) is 5.20. The van der Waals surface area contributed by atoms with Crippen molar-refractivity contribution in [1.82, 2.24) is 10.3 Å². The maximum atomic E-state index is 3.64. The van der Waals surface area contributed by atoms with Gasteiger partial charge in [-0.2, -0.15) is 0 Å². The van der Waals surface area contributed by atoms with E-state index in [1.54, 1.807) is 0 Å². The van der Waals surface area contributed by atoms with E-state index >= 15 is 0 Å². The molecule has 0 aliphatic rings. The molecule has 15 heavy (non-hydrogen) atoms. The van der Waals surface area contributed by atoms with Gasteiger partial charge in [0.15, 0.2) is 0 Å². The van der Waals surface area contributed by atoms with E-state index in [0.29, 0.717) is 0 Å². The topological polar surface area (TPSA) is 27.8 Å². The van der Waals surface area contributed by atoms with Gasteiger partial charge in [-0.1, -0.05) is 25.1 Å². The average molecular weight is 267 g/mol. The molecule has 0 aliphatic carbocycles. The van der Waals surface area contributed by atoms with Crippen LogP contribution in [0.3, 0.4) is 0 Å². The van der Waals surface area contributed by atoms with E-state index in [1.807, 2.05) is 7.05 Å². The lowest BCUT2D eigenvalue weighted by Crippen LogP contribution is -2.05. The van der Waals surface area contributed by atoms with E-state index in [0.717, 1.165) is 13.0 Å². The van der Waals surface area contributed by atoms with Crippen LogP contribution in [0.15, 0.2) is 22.7 Å². The molecule has 1 aromatic carbocycles. The van der Waals surface area contributed by atoms with Crippen molar-refractivity contribution < 1.29 is 0 Å². The van der Waals surface area contributed by atoms with Crippen molar-refractivity contribution in [2.45, 2.75) is 19.9 Å². The largest absolute Gasteiger partial charge is 0.356 e. The lowest BCUT2D eigenvalue weighted by Gasteiger charge is -1.97. The van der Waals surface area contributed by atoms with Gasteiger partial charge in [0.2, 0.25) is 0 Å². The lowest BCUT2D eigenvalue weighted by molar-refractivity contribution is 0.796. The molecule has 2 N–H and O–H groups in total. The third kappa shape index (κ3) is 1.82. The van der Waals surface area contributed by atoms with Crippen molar-refractivity contribution >= 4 is 26.8 Å². The van der Waals surface area contributed by atoms with Crippen molar-refractivity contribution in [3.63, 3.8) is 0 Å². The number of aromatic nitrogens is 1. The summed E-state index contributed by atoms with van der Waals surface area (Å²) in [4.78, 5) is 3.47. The van der Waals surface area contributed by atoms with Gasteiger partial charge in [-0.05, 0) is 35.0 Å². The van der Waals surface area contributed by atoms with Crippen LogP contribution in [0.5, 0.6) is 0 Å². The molecule has 0 bridgehead atoms. The van der Waals surface area contributed by atoms with Gasteiger partial charge in [0.05, 0.1) is 5.52 Å². The highest BCUT2D eigenvalue weighted by molar-refractivity contribution is 9.10. The van der Waals surface area contributed by atoms with E-state index in [-0.39, 0.29) is 0 Å². The molecule has 0 aliphatic heterocycles. The van der Waals surface area contributed by atoms with Crippen LogP contribution in [0.2, 0.25) is 0 Å². The maximum absolute atomic E-state index is 3.64. The fourth-order valence-electron chi connectivity index (χ4n) is 1.89. The number of fused-ring (bicyclic) bond motifs is 1. The summed E-state index contributed by atoms with van der Waals surface area (Å²) >= 11 is 3.64. The Hall–Kier alpha value is -0.800. The van der Waals surface area contributed by atoms with E-state index in [1.165, 1.54) is 26.6 Å². The minimum atomic E-state index is 0.860. The molecule has 1 heterocycles. The zero-order valence-corrected chi connectivity index (χ0v) is 10.6. The molecule has 0 atom stereocenters. The number of aromatic amines is 1. The fourth-order valence-corrected chi connectivity index (χ4v) is 2.46. The highest BCUT2D eigenvalue weighted by Gasteiger charge is 2.09. The first-order valence-corrected chi connectivity index (χ1v) is 5.99. The third-order valence-electron chi connectivity index (χ3n) is 2.66. The molecule has 0 radical (unpaired) electrons. The van der Waals surface area contributed by atoms with Gasteiger partial charge in [-0.25, -0.2) is 0 Å². The van der Waals surface area contributed by atoms with Gasteiger partial charge in [0.25, 0.3) is 0 Å². The summed E-state index contributed by atoms with van der Waals surface area (Å²) in [6, 6.07) is 6.44. The normalized spacial score (nSPS) is 11.1. The number of hydrogen-bond acceptors (Lipinski definition) is 1. The number of benzene rings is 1. The number of hydrogen-bond donors (Lipinski definition) is 2. The summed E-state index contributed by atoms with van der Waals surface area (Å²) in [7, 11) is 1.96. The Balaban J connectivity index is 2.64. The van der Waals surface area contributed by atoms with E-state index < -0.39 is 0 Å². The molecule has 1 aromatic heterocycles. The molecule has 2 aromatic rings. The molecule has 0 saturated carbocycles. The number of rotatable bonds is 3. The highest BCUT2D eigenvalue weighted by atomic mass is 79.9. The monoisotopic (exact) mass is 266 g/mol. The standard InChI is InChI=1S/C12H15BrN2/c1-3-8-5-4-6-9-11(13)10(7-14-2)15-12(8)9/h4-6,14-15H,3,7H2,1-2H3. The van der Waals surface area contributed by atoms with Gasteiger partial charge in [0, 0.05) is 22.1 Å². The average Bonchev–Trinajstić information content (AvgIpc) is 2.57. The zero-order valence-electron chi connectivity index (χ0n) is 9.02. The van der Waals surface area contributed by atoms with Crippen molar-refractivity contribution in [3.05, 3.63) is 33.9 Å². The van der Waals surface area contributed by atoms with Crippen molar-refractivity contribution in [2.24, 2.45) is 0 Å². The Bertz CT molecular complexity index is 474. The van der Waals surface area contributed by atoms with Crippen LogP contribution in [-0.2, 0) is 13.0 Å². The van der Waals surface area contributed by atoms with Gasteiger partial charge in [0.1, 0.15) is 0 Å². The Morgan fingerprint density at radius 2 is 2.20 bits per heavy atom. The molecule has 3 heteroatoms. The van der Waals surface area contributed by atoms with Gasteiger partial charge >= 0.3 is 0 Å². The van der Waals surface area contributed by atoms with Crippen LogP contribution in [0, 0.1) is 0 Å². The molecule has 0 spiro atoms. The number of para-hydroxylation sites is 1. The van der Waals surface area contributed by atoms with E-state index in [4.69, 9.17) is 0 Å². The zero-order chi connectivity index (χ0) is 10.8. The Morgan fingerprint density at radius 1 is 1.40 bits per heavy atom. The number of aryl methyl sites for hydroxylation is 1. The van der Waals surface area contributed by atoms with Gasteiger partial charge < -0.3 is 10.3 Å². The number of halogens is 1. The van der Waals surface area contributed by atoms with Crippen LogP contribution in [0.4, 0.5) is 0 Å². The van der Waals surface area contributed by atoms with Crippen molar-refractivity contribution in [3.8, 4) is 0 Å². The Morgan fingerprint density at radius 3 is 2.87 bits per heavy atom. The molecule has 0 unspecified atom stereocenters. The smallest absolute Gasteiger partial charge is 0.0500 e. The van der Waals surface area contributed by atoms with Crippen LogP contribution < -0.4 is 5.32 Å². The van der Waals surface area contributed by atoms with Crippen LogP contribution >= 0.6 is 15.9 Å². The summed E-state index contributed by atoms with van der Waals surface area (Å²) < 4.78 is 1.18. The highest BCUT2D eigenvalue weighted by Crippen LogP contribution is 2.29. The van der Waals surface area contributed by atoms with Crippen molar-refractivity contribution in [1.29, 1.82) is 0 Å². The third-order valence-corrected chi connectivity index (χ3v) is 3.57. The van der Waals surface area contributed by atoms with Gasteiger partial charge in [-0.3, -0.25) is 0 Å². The summed E-state index contributed by atoms with van der Waals surface area (Å²) in [6.07, 6.45) is 1.06. The second-order valence-corrected chi connectivity index (χ2v) is 4.43. The predicted molar refractivity (Wildman–Crippen MR) is 68.1 cm³/mol. The SMILES string of the molecule is CCc1cccc2c(Br)c(CNC)[nH]c12. The molecule has 80 valence electrons. The van der Waals surface area contributed by atoms with Crippen LogP contribution in [-0.4, -0.2) is 12.0 Å². The van der Waals surface area contributed by atoms with E-state index in [2.05, 4.69) is 51.4 Å². The quantitative estimate of drug-likeness (QED) is 0.878. The van der Waals surface area contributed by atoms with Crippen LogP contribution in [0.25, 0.3) is 10.9 Å². The fraction of sp³-hybridized carbons (Fsp3) is 0.333. The first kappa shape index (κ1) is 10.7. The molecule has 2 nitrogen and oxygen atoms in total. The summed E-state index contributed by atoms with van der Waals surface area (Å²) in [5.74, 6) is 0. The number of nitrogens with one attached hydrogen (secondary N) is 2. The summed E-state index contributed by atoms with van der Waals surface area (Å²) in [6.45, 7) is 3.04. The van der Waals surface area contributed by atoms with E-state index in [9.17, 15) is 0 Å². The second-order valence-electron chi connectivity index (χ2n) is 3.64. The molecule has 0 amide bonds. The lowest BCUT2D eigenvalue weighted by atomic mass is 10.1. The summed E-state index contributed by atoms with van der Waals surface area (Å²) in [5.41, 5.74) is 3.85. The Labute approximate surface area is 98.2 Å². The minimum absolute atomic E-state index is 0.860. The maximum Gasteiger partial charge on any atom is 0.0500 e. The molecular formula is C12H15BrN2. The second kappa shape index (κ2) is 4.37.